The SMILES string of the molecule is COC(=O)Nc1nc2ccc(C3(O)c4ccccc4C(=O)N3Cc3cccs3)cc2[nH]1. The van der Waals surface area contributed by atoms with Crippen molar-refractivity contribution in [3.8, 4) is 0 Å². The Bertz CT molecular complexity index is 1300. The van der Waals surface area contributed by atoms with Crippen LogP contribution in [0, 0.1) is 0 Å². The van der Waals surface area contributed by atoms with E-state index in [2.05, 4.69) is 20.0 Å². The smallest absolute Gasteiger partial charge is 0.413 e. The lowest BCUT2D eigenvalue weighted by atomic mass is 9.93. The van der Waals surface area contributed by atoms with Crippen LogP contribution < -0.4 is 5.32 Å². The number of ether oxygens (including phenoxy) is 1. The first-order chi connectivity index (χ1) is 15.0. The van der Waals surface area contributed by atoms with Gasteiger partial charge in [0.25, 0.3) is 5.91 Å². The number of fused-ring (bicyclic) bond motifs is 2. The molecule has 3 N–H and O–H groups in total. The monoisotopic (exact) mass is 434 g/mol. The summed E-state index contributed by atoms with van der Waals surface area (Å²) in [6.45, 7) is 0.276. The van der Waals surface area contributed by atoms with E-state index in [0.29, 0.717) is 27.7 Å². The van der Waals surface area contributed by atoms with Crippen LogP contribution >= 0.6 is 11.3 Å². The maximum atomic E-state index is 13.2. The third-order valence-electron chi connectivity index (χ3n) is 5.35. The number of methoxy groups -OCH3 is 1. The highest BCUT2D eigenvalue weighted by Crippen LogP contribution is 2.43. The molecule has 2 amide bonds. The Morgan fingerprint density at radius 1 is 1.26 bits per heavy atom. The minimum atomic E-state index is -1.65. The number of thiophene rings is 1. The van der Waals surface area contributed by atoms with E-state index in [1.54, 1.807) is 42.5 Å². The molecular formula is C22H18N4O4S. The van der Waals surface area contributed by atoms with Gasteiger partial charge in [0, 0.05) is 21.6 Å². The zero-order chi connectivity index (χ0) is 21.6. The largest absolute Gasteiger partial charge is 0.453 e. The molecule has 2 aromatic carbocycles. The van der Waals surface area contributed by atoms with Gasteiger partial charge in [-0.15, -0.1) is 11.3 Å². The van der Waals surface area contributed by atoms with Crippen LogP contribution in [0.1, 0.15) is 26.4 Å². The van der Waals surface area contributed by atoms with E-state index in [1.165, 1.54) is 23.3 Å². The van der Waals surface area contributed by atoms with Crippen molar-refractivity contribution in [2.45, 2.75) is 12.3 Å². The molecule has 0 fully saturated rings. The minimum Gasteiger partial charge on any atom is -0.453 e. The molecule has 1 aliphatic heterocycles. The van der Waals surface area contributed by atoms with E-state index >= 15 is 0 Å². The first kappa shape index (κ1) is 19.3. The van der Waals surface area contributed by atoms with Crippen molar-refractivity contribution < 1.29 is 19.4 Å². The van der Waals surface area contributed by atoms with E-state index in [1.807, 2.05) is 17.5 Å². The van der Waals surface area contributed by atoms with Crippen LogP contribution in [-0.2, 0) is 17.0 Å². The van der Waals surface area contributed by atoms with Gasteiger partial charge in [-0.3, -0.25) is 15.0 Å². The maximum Gasteiger partial charge on any atom is 0.413 e. The molecule has 0 saturated heterocycles. The number of benzene rings is 2. The molecule has 8 nitrogen and oxygen atoms in total. The Kier molecular flexibility index (Phi) is 4.49. The van der Waals surface area contributed by atoms with E-state index in [9.17, 15) is 14.7 Å². The highest BCUT2D eigenvalue weighted by Gasteiger charge is 2.49. The number of carbonyl (C=O) groups is 2. The first-order valence-corrected chi connectivity index (χ1v) is 10.4. The predicted octanol–water partition coefficient (Wildman–Crippen LogP) is 3.65. The lowest BCUT2D eigenvalue weighted by Gasteiger charge is -2.34. The first-order valence-electron chi connectivity index (χ1n) is 9.52. The molecule has 1 unspecified atom stereocenters. The molecule has 0 saturated carbocycles. The lowest BCUT2D eigenvalue weighted by molar-refractivity contribution is -0.0537. The van der Waals surface area contributed by atoms with Gasteiger partial charge < -0.3 is 14.8 Å². The second-order valence-electron chi connectivity index (χ2n) is 7.12. The van der Waals surface area contributed by atoms with Crippen LogP contribution in [0.4, 0.5) is 10.7 Å². The summed E-state index contributed by atoms with van der Waals surface area (Å²) in [6, 6.07) is 16.1. The number of amides is 2. The maximum absolute atomic E-state index is 13.2. The third-order valence-corrected chi connectivity index (χ3v) is 6.21. The Morgan fingerprint density at radius 3 is 2.87 bits per heavy atom. The standard InChI is InChI=1S/C22H18N4O4S/c1-30-21(28)25-20-23-17-9-8-13(11-18(17)24-20)22(29)16-7-3-2-6-15(16)19(27)26(22)12-14-5-4-10-31-14/h2-11,29H,12H2,1H3,(H2,23,24,25,28). The Hall–Kier alpha value is -3.69. The van der Waals surface area contributed by atoms with Crippen molar-refractivity contribution in [3.63, 3.8) is 0 Å². The zero-order valence-electron chi connectivity index (χ0n) is 16.5. The molecule has 4 aromatic rings. The van der Waals surface area contributed by atoms with Crippen LogP contribution in [0.25, 0.3) is 11.0 Å². The summed E-state index contributed by atoms with van der Waals surface area (Å²) in [5.41, 5.74) is 1.07. The minimum absolute atomic E-state index is 0.226. The van der Waals surface area contributed by atoms with Gasteiger partial charge in [-0.25, -0.2) is 9.78 Å². The number of H-pyrrole nitrogens is 1. The molecule has 156 valence electrons. The summed E-state index contributed by atoms with van der Waals surface area (Å²) < 4.78 is 4.59. The lowest BCUT2D eigenvalue weighted by Crippen LogP contribution is -2.44. The fourth-order valence-corrected chi connectivity index (χ4v) is 4.59. The Balaban J connectivity index is 1.62. The van der Waals surface area contributed by atoms with Crippen LogP contribution in [0.15, 0.2) is 60.0 Å². The summed E-state index contributed by atoms with van der Waals surface area (Å²) in [7, 11) is 1.27. The van der Waals surface area contributed by atoms with E-state index in [-0.39, 0.29) is 18.4 Å². The van der Waals surface area contributed by atoms with E-state index in [4.69, 9.17) is 0 Å². The van der Waals surface area contributed by atoms with Crippen LogP contribution in [0.5, 0.6) is 0 Å². The number of aromatic amines is 1. The number of nitrogens with one attached hydrogen (secondary N) is 2. The predicted molar refractivity (Wildman–Crippen MR) is 116 cm³/mol. The Labute approximate surface area is 181 Å². The topological polar surface area (TPSA) is 108 Å². The number of aliphatic hydroxyl groups is 1. The second kappa shape index (κ2) is 7.22. The number of hydrogen-bond donors (Lipinski definition) is 3. The molecule has 0 bridgehead atoms. The molecule has 5 rings (SSSR count). The average molecular weight is 434 g/mol. The molecular weight excluding hydrogens is 416 g/mol. The number of imidazole rings is 1. The van der Waals surface area contributed by atoms with Gasteiger partial charge in [-0.1, -0.05) is 30.3 Å². The normalized spacial score (nSPS) is 17.7. The Morgan fingerprint density at radius 2 is 2.10 bits per heavy atom. The van der Waals surface area contributed by atoms with Gasteiger partial charge in [-0.05, 0) is 29.6 Å². The quantitative estimate of drug-likeness (QED) is 0.454. The van der Waals surface area contributed by atoms with Crippen molar-refractivity contribution in [1.29, 1.82) is 0 Å². The number of nitrogens with zero attached hydrogens (tertiary/aromatic N) is 2. The van der Waals surface area contributed by atoms with Crippen LogP contribution in [0.3, 0.4) is 0 Å². The van der Waals surface area contributed by atoms with Crippen molar-refractivity contribution in [3.05, 3.63) is 81.5 Å². The van der Waals surface area contributed by atoms with Crippen molar-refractivity contribution in [1.82, 2.24) is 14.9 Å². The van der Waals surface area contributed by atoms with Gasteiger partial charge in [0.1, 0.15) is 0 Å². The number of rotatable bonds is 4. The van der Waals surface area contributed by atoms with Crippen LogP contribution in [-0.4, -0.2) is 39.1 Å². The second-order valence-corrected chi connectivity index (χ2v) is 8.15. The molecule has 0 radical (unpaired) electrons. The van der Waals surface area contributed by atoms with Gasteiger partial charge in [0.2, 0.25) is 5.95 Å². The highest BCUT2D eigenvalue weighted by atomic mass is 32.1. The van der Waals surface area contributed by atoms with Gasteiger partial charge in [-0.2, -0.15) is 0 Å². The number of anilines is 1. The van der Waals surface area contributed by atoms with Gasteiger partial charge >= 0.3 is 6.09 Å². The molecule has 1 aliphatic rings. The molecule has 1 atom stereocenters. The van der Waals surface area contributed by atoms with Crippen LogP contribution in [0.2, 0.25) is 0 Å². The van der Waals surface area contributed by atoms with Gasteiger partial charge in [0.15, 0.2) is 5.72 Å². The molecule has 31 heavy (non-hydrogen) atoms. The number of aromatic nitrogens is 2. The van der Waals surface area contributed by atoms with Gasteiger partial charge in [0.05, 0.1) is 24.7 Å². The van der Waals surface area contributed by atoms with Crippen molar-refractivity contribution in [2.24, 2.45) is 0 Å². The summed E-state index contributed by atoms with van der Waals surface area (Å²) in [5.74, 6) is -0.00594. The fourth-order valence-electron chi connectivity index (χ4n) is 3.90. The summed E-state index contributed by atoms with van der Waals surface area (Å²) >= 11 is 1.53. The number of hydrogen-bond acceptors (Lipinski definition) is 6. The zero-order valence-corrected chi connectivity index (χ0v) is 17.3. The fraction of sp³-hybridized carbons (Fsp3) is 0.136. The van der Waals surface area contributed by atoms with E-state index < -0.39 is 11.8 Å². The number of carbonyl (C=O) groups excluding carboxylic acids is 2. The summed E-state index contributed by atoms with van der Waals surface area (Å²) in [4.78, 5) is 34.4. The molecule has 2 aromatic heterocycles. The molecule has 3 heterocycles. The molecule has 0 aliphatic carbocycles. The van der Waals surface area contributed by atoms with E-state index in [0.717, 1.165) is 4.88 Å². The summed E-state index contributed by atoms with van der Waals surface area (Å²) in [6.07, 6.45) is -0.643. The molecule has 9 heteroatoms. The average Bonchev–Trinajstić information content (AvgIpc) is 3.49. The molecule has 0 spiro atoms. The third kappa shape index (κ3) is 3.06. The van der Waals surface area contributed by atoms with Crippen molar-refractivity contribution in [2.75, 3.05) is 12.4 Å². The summed E-state index contributed by atoms with van der Waals surface area (Å²) in [5, 5.41) is 16.4. The van der Waals surface area contributed by atoms with Crippen molar-refractivity contribution >= 4 is 40.3 Å². The highest BCUT2D eigenvalue weighted by molar-refractivity contribution is 7.09.